The Morgan fingerprint density at radius 3 is 2.67 bits per heavy atom. The molecule has 0 aliphatic carbocycles. The van der Waals surface area contributed by atoms with Crippen molar-refractivity contribution in [2.24, 2.45) is 0 Å². The van der Waals surface area contributed by atoms with Crippen LogP contribution in [0.25, 0.3) is 0 Å². The minimum absolute atomic E-state index is 0.575. The van der Waals surface area contributed by atoms with E-state index in [0.717, 1.165) is 24.8 Å². The SMILES string of the molecule is CCCC(O)(CC)c1ccsc1. The normalized spacial score (nSPS) is 15.9. The Bertz CT molecular complexity index is 218. The molecule has 1 rings (SSSR count). The van der Waals surface area contributed by atoms with Gasteiger partial charge in [0.05, 0.1) is 5.60 Å². The van der Waals surface area contributed by atoms with Crippen molar-refractivity contribution in [2.75, 3.05) is 0 Å². The minimum atomic E-state index is -0.575. The van der Waals surface area contributed by atoms with Gasteiger partial charge in [0.25, 0.3) is 0 Å². The van der Waals surface area contributed by atoms with Crippen molar-refractivity contribution in [3.05, 3.63) is 22.4 Å². The standard InChI is InChI=1S/C10H16OS/c1-3-6-10(11,4-2)9-5-7-12-8-9/h5,7-8,11H,3-4,6H2,1-2H3. The van der Waals surface area contributed by atoms with Gasteiger partial charge in [-0.1, -0.05) is 20.3 Å². The lowest BCUT2D eigenvalue weighted by Gasteiger charge is -2.25. The lowest BCUT2D eigenvalue weighted by atomic mass is 9.89. The van der Waals surface area contributed by atoms with Crippen LogP contribution in [0.1, 0.15) is 38.7 Å². The molecule has 1 aromatic heterocycles. The van der Waals surface area contributed by atoms with Crippen LogP contribution in [0.5, 0.6) is 0 Å². The molecule has 1 nitrogen and oxygen atoms in total. The highest BCUT2D eigenvalue weighted by molar-refractivity contribution is 7.08. The Hall–Kier alpha value is -0.340. The largest absolute Gasteiger partial charge is 0.385 e. The molecular weight excluding hydrogens is 168 g/mol. The number of thiophene rings is 1. The molecule has 1 heterocycles. The zero-order chi connectivity index (χ0) is 9.03. The fourth-order valence-corrected chi connectivity index (χ4v) is 2.22. The van der Waals surface area contributed by atoms with Gasteiger partial charge in [-0.25, -0.2) is 0 Å². The van der Waals surface area contributed by atoms with E-state index in [0.29, 0.717) is 0 Å². The summed E-state index contributed by atoms with van der Waals surface area (Å²) in [6, 6.07) is 2.02. The smallest absolute Gasteiger partial charge is 0.0901 e. The van der Waals surface area contributed by atoms with Gasteiger partial charge in [0, 0.05) is 0 Å². The Labute approximate surface area is 78.1 Å². The molecule has 12 heavy (non-hydrogen) atoms. The maximum Gasteiger partial charge on any atom is 0.0901 e. The van der Waals surface area contributed by atoms with Crippen molar-refractivity contribution < 1.29 is 5.11 Å². The summed E-state index contributed by atoms with van der Waals surface area (Å²) in [5, 5.41) is 14.2. The van der Waals surface area contributed by atoms with Crippen molar-refractivity contribution in [1.29, 1.82) is 0 Å². The van der Waals surface area contributed by atoms with E-state index in [1.807, 2.05) is 23.8 Å². The van der Waals surface area contributed by atoms with Crippen LogP contribution in [0, 0.1) is 0 Å². The van der Waals surface area contributed by atoms with Crippen LogP contribution in [0.3, 0.4) is 0 Å². The maximum absolute atomic E-state index is 10.2. The molecule has 0 bridgehead atoms. The molecule has 0 saturated heterocycles. The van der Waals surface area contributed by atoms with Crippen molar-refractivity contribution in [2.45, 2.75) is 38.7 Å². The van der Waals surface area contributed by atoms with Crippen molar-refractivity contribution in [3.8, 4) is 0 Å². The molecule has 1 N–H and O–H groups in total. The van der Waals surface area contributed by atoms with Gasteiger partial charge < -0.3 is 5.11 Å². The predicted molar refractivity (Wildman–Crippen MR) is 53.4 cm³/mol. The van der Waals surface area contributed by atoms with E-state index in [9.17, 15) is 5.11 Å². The Morgan fingerprint density at radius 1 is 1.50 bits per heavy atom. The van der Waals surface area contributed by atoms with Crippen molar-refractivity contribution in [1.82, 2.24) is 0 Å². The summed E-state index contributed by atoms with van der Waals surface area (Å²) in [6.45, 7) is 4.14. The molecule has 68 valence electrons. The molecule has 0 radical (unpaired) electrons. The predicted octanol–water partition coefficient (Wildman–Crippen LogP) is 3.15. The first-order chi connectivity index (χ1) is 5.73. The molecule has 0 aromatic carbocycles. The van der Waals surface area contributed by atoms with Gasteiger partial charge in [-0.05, 0) is 35.2 Å². The van der Waals surface area contributed by atoms with E-state index in [-0.39, 0.29) is 0 Å². The Balaban J connectivity index is 2.80. The minimum Gasteiger partial charge on any atom is -0.385 e. The van der Waals surface area contributed by atoms with Crippen LogP contribution in [0.4, 0.5) is 0 Å². The molecule has 0 amide bonds. The van der Waals surface area contributed by atoms with Gasteiger partial charge in [-0.2, -0.15) is 11.3 Å². The summed E-state index contributed by atoms with van der Waals surface area (Å²) in [5.41, 5.74) is 0.506. The molecule has 1 unspecified atom stereocenters. The van der Waals surface area contributed by atoms with Gasteiger partial charge in [-0.15, -0.1) is 0 Å². The average molecular weight is 184 g/mol. The van der Waals surface area contributed by atoms with E-state index < -0.39 is 5.60 Å². The highest BCUT2D eigenvalue weighted by Gasteiger charge is 2.25. The zero-order valence-corrected chi connectivity index (χ0v) is 8.53. The first-order valence-corrected chi connectivity index (χ1v) is 5.42. The second kappa shape index (κ2) is 4.06. The monoisotopic (exact) mass is 184 g/mol. The fraction of sp³-hybridized carbons (Fsp3) is 0.600. The van der Waals surface area contributed by atoms with Crippen LogP contribution in [0.2, 0.25) is 0 Å². The average Bonchev–Trinajstić information content (AvgIpc) is 2.57. The Morgan fingerprint density at radius 2 is 2.25 bits per heavy atom. The number of hydrogen-bond acceptors (Lipinski definition) is 2. The number of hydrogen-bond donors (Lipinski definition) is 1. The third-order valence-electron chi connectivity index (χ3n) is 2.31. The molecule has 0 spiro atoms. The van der Waals surface area contributed by atoms with Gasteiger partial charge >= 0.3 is 0 Å². The van der Waals surface area contributed by atoms with Gasteiger partial charge in [-0.3, -0.25) is 0 Å². The fourth-order valence-electron chi connectivity index (χ4n) is 1.47. The molecule has 2 heteroatoms. The van der Waals surface area contributed by atoms with Crippen molar-refractivity contribution in [3.63, 3.8) is 0 Å². The first kappa shape index (κ1) is 9.75. The third-order valence-corrected chi connectivity index (χ3v) is 2.99. The molecular formula is C10H16OS. The third kappa shape index (κ3) is 1.87. The summed E-state index contributed by atoms with van der Waals surface area (Å²) in [5.74, 6) is 0. The zero-order valence-electron chi connectivity index (χ0n) is 7.71. The van der Waals surface area contributed by atoms with Gasteiger partial charge in [0.1, 0.15) is 0 Å². The van der Waals surface area contributed by atoms with E-state index in [4.69, 9.17) is 0 Å². The van der Waals surface area contributed by atoms with Crippen molar-refractivity contribution >= 4 is 11.3 Å². The maximum atomic E-state index is 10.2. The highest BCUT2D eigenvalue weighted by atomic mass is 32.1. The van der Waals surface area contributed by atoms with Crippen LogP contribution in [-0.2, 0) is 5.60 Å². The number of rotatable bonds is 4. The van der Waals surface area contributed by atoms with E-state index in [1.165, 1.54) is 0 Å². The molecule has 1 aromatic rings. The van der Waals surface area contributed by atoms with Gasteiger partial charge in [0.2, 0.25) is 0 Å². The second-order valence-electron chi connectivity index (χ2n) is 3.15. The van der Waals surface area contributed by atoms with E-state index >= 15 is 0 Å². The highest BCUT2D eigenvalue weighted by Crippen LogP contribution is 2.31. The summed E-state index contributed by atoms with van der Waals surface area (Å²) in [4.78, 5) is 0. The summed E-state index contributed by atoms with van der Waals surface area (Å²) in [6.07, 6.45) is 2.69. The van der Waals surface area contributed by atoms with E-state index in [2.05, 4.69) is 6.92 Å². The first-order valence-electron chi connectivity index (χ1n) is 4.48. The van der Waals surface area contributed by atoms with Crippen LogP contribution < -0.4 is 0 Å². The summed E-state index contributed by atoms with van der Waals surface area (Å²) < 4.78 is 0. The topological polar surface area (TPSA) is 20.2 Å². The Kier molecular flexibility index (Phi) is 3.29. The molecule has 1 atom stereocenters. The quantitative estimate of drug-likeness (QED) is 0.762. The second-order valence-corrected chi connectivity index (χ2v) is 3.93. The van der Waals surface area contributed by atoms with Crippen LogP contribution in [-0.4, -0.2) is 5.11 Å². The van der Waals surface area contributed by atoms with Crippen LogP contribution in [0.15, 0.2) is 16.8 Å². The lowest BCUT2D eigenvalue weighted by Crippen LogP contribution is -2.23. The van der Waals surface area contributed by atoms with Gasteiger partial charge in [0.15, 0.2) is 0 Å². The molecule has 0 fully saturated rings. The lowest BCUT2D eigenvalue weighted by molar-refractivity contribution is 0.0230. The van der Waals surface area contributed by atoms with E-state index in [1.54, 1.807) is 11.3 Å². The molecule has 0 aliphatic heterocycles. The molecule has 0 aliphatic rings. The van der Waals surface area contributed by atoms with Crippen LogP contribution >= 0.6 is 11.3 Å². The number of aliphatic hydroxyl groups is 1. The molecule has 0 saturated carbocycles. The summed E-state index contributed by atoms with van der Waals surface area (Å²) >= 11 is 1.65. The summed E-state index contributed by atoms with van der Waals surface area (Å²) in [7, 11) is 0.